The summed E-state index contributed by atoms with van der Waals surface area (Å²) >= 11 is 1.74. The first kappa shape index (κ1) is 32.4. The van der Waals surface area contributed by atoms with Crippen molar-refractivity contribution in [3.8, 4) is 0 Å². The average Bonchev–Trinajstić information content (AvgIpc) is 3.52. The molecule has 6 rings (SSSR count). The molecule has 2 aliphatic carbocycles. The minimum Gasteiger partial charge on any atom is -1.00 e. The van der Waals surface area contributed by atoms with Crippen LogP contribution in [0.5, 0.6) is 0 Å². The summed E-state index contributed by atoms with van der Waals surface area (Å²) in [5, 5.41) is 0. The van der Waals surface area contributed by atoms with E-state index in [9.17, 15) is 0 Å². The summed E-state index contributed by atoms with van der Waals surface area (Å²) in [7, 11) is 0. The second-order valence-corrected chi connectivity index (χ2v) is 19.1. The van der Waals surface area contributed by atoms with E-state index < -0.39 is 0 Å². The third-order valence-corrected chi connectivity index (χ3v) is 6.14. The number of benzene rings is 2. The topological polar surface area (TPSA) is 6.48 Å². The fraction of sp³-hybridized carbons (Fsp3) is 0.250. The second-order valence-electron chi connectivity index (χ2n) is 9.73. The first-order chi connectivity index (χ1) is 17.2. The van der Waals surface area contributed by atoms with Gasteiger partial charge in [0.1, 0.15) is 0 Å². The molecular formula is C32H34Cl2N2SiZr-2. The van der Waals surface area contributed by atoms with E-state index in [1.54, 1.807) is 23.3 Å². The van der Waals surface area contributed by atoms with Crippen LogP contribution in [0.3, 0.4) is 0 Å². The number of nitrogens with zero attached hydrogens (tertiary/aromatic N) is 2. The molecule has 0 fully saturated rings. The Bertz CT molecular complexity index is 1220. The van der Waals surface area contributed by atoms with Crippen LogP contribution in [0.1, 0.15) is 27.7 Å². The third kappa shape index (κ3) is 7.63. The zero-order valence-corrected chi connectivity index (χ0v) is 27.9. The summed E-state index contributed by atoms with van der Waals surface area (Å²) in [6.45, 7) is 13.2. The van der Waals surface area contributed by atoms with Crippen molar-refractivity contribution >= 4 is 16.8 Å². The van der Waals surface area contributed by atoms with Crippen LogP contribution < -0.4 is 34.6 Å². The largest absolute Gasteiger partial charge is 1.00 e. The van der Waals surface area contributed by atoms with Gasteiger partial charge in [0.05, 0.1) is 0 Å². The fourth-order valence-corrected chi connectivity index (χ4v) is 4.84. The fourth-order valence-electron chi connectivity index (χ4n) is 4.84. The van der Waals surface area contributed by atoms with Crippen LogP contribution in [0.4, 0.5) is 11.4 Å². The van der Waals surface area contributed by atoms with Crippen molar-refractivity contribution in [3.63, 3.8) is 0 Å². The molecule has 0 saturated carbocycles. The molecule has 6 heteroatoms. The van der Waals surface area contributed by atoms with Crippen LogP contribution in [0.2, 0.25) is 13.1 Å². The number of hydrogen-bond donors (Lipinski definition) is 0. The number of allylic oxidation sites excluding steroid dienone is 6. The molecule has 2 atom stereocenters. The van der Waals surface area contributed by atoms with Gasteiger partial charge in [-0.05, 0) is 38.1 Å². The second kappa shape index (κ2) is 14.5. The van der Waals surface area contributed by atoms with Gasteiger partial charge in [-0.15, -0.1) is 58.7 Å². The Balaban J connectivity index is 0.000000224. The molecule has 0 amide bonds. The molecule has 38 heavy (non-hydrogen) atoms. The molecule has 2 heterocycles. The molecule has 0 radical (unpaired) electrons. The molecule has 2 aliphatic heterocycles. The number of fused-ring (bicyclic) bond motifs is 2. The summed E-state index contributed by atoms with van der Waals surface area (Å²) in [6, 6.07) is 21.9. The van der Waals surface area contributed by atoms with E-state index in [-0.39, 0.29) is 30.2 Å². The van der Waals surface area contributed by atoms with Crippen molar-refractivity contribution in [2.24, 2.45) is 0 Å². The Morgan fingerprint density at radius 2 is 0.974 bits per heavy atom. The van der Waals surface area contributed by atoms with Crippen LogP contribution in [0.15, 0.2) is 119 Å². The van der Waals surface area contributed by atoms with Crippen molar-refractivity contribution in [1.29, 1.82) is 0 Å². The summed E-state index contributed by atoms with van der Waals surface area (Å²) in [4.78, 5) is 4.72. The monoisotopic (exact) mass is 634 g/mol. The van der Waals surface area contributed by atoms with Crippen LogP contribution in [-0.2, 0) is 23.3 Å². The van der Waals surface area contributed by atoms with Crippen molar-refractivity contribution in [3.05, 3.63) is 131 Å². The normalized spacial score (nSPS) is 19.9. The quantitative estimate of drug-likeness (QED) is 0.366. The molecule has 196 valence electrons. The smallest absolute Gasteiger partial charge is 1.00 e. The predicted octanol–water partition coefficient (Wildman–Crippen LogP) is 1.73. The van der Waals surface area contributed by atoms with E-state index in [0.29, 0.717) is 12.1 Å². The molecule has 2 nitrogen and oxygen atoms in total. The molecule has 0 aromatic heterocycles. The summed E-state index contributed by atoms with van der Waals surface area (Å²) in [5.41, 5.74) is 10.2. The van der Waals surface area contributed by atoms with Crippen molar-refractivity contribution in [1.82, 2.24) is 0 Å². The van der Waals surface area contributed by atoms with Gasteiger partial charge in [-0.3, -0.25) is 0 Å². The summed E-state index contributed by atoms with van der Waals surface area (Å²) in [5.74, 6) is 0. The predicted molar refractivity (Wildman–Crippen MR) is 151 cm³/mol. The number of anilines is 2. The van der Waals surface area contributed by atoms with Crippen LogP contribution in [0, 0.1) is 12.2 Å². The molecule has 4 aliphatic rings. The number of para-hydroxylation sites is 2. The molecule has 0 N–H and O–H groups in total. The van der Waals surface area contributed by atoms with Crippen molar-refractivity contribution in [2.45, 2.75) is 52.9 Å². The summed E-state index contributed by atoms with van der Waals surface area (Å²) < 4.78 is 0. The molecule has 2 aromatic rings. The Labute approximate surface area is 256 Å². The Morgan fingerprint density at radius 3 is 1.29 bits per heavy atom. The van der Waals surface area contributed by atoms with Gasteiger partial charge >= 0.3 is 41.9 Å². The minimum atomic E-state index is 0. The van der Waals surface area contributed by atoms with Gasteiger partial charge in [0.25, 0.3) is 0 Å². The standard InChI is InChI=1S/2C15H14N.C2H6Si.2ClH.Zr/c2*1-11-8-13-10-12(2)16(15(13)9-11)14-6-4-3-5-7-14;1-3-2;;;/h2*3-7,9-10,12H,1-2H3;1-2H3;2*1H;/q2*-1;;;;+2/p-2. The van der Waals surface area contributed by atoms with E-state index in [0.717, 1.165) is 0 Å². The van der Waals surface area contributed by atoms with Gasteiger partial charge in [-0.2, -0.15) is 0 Å². The molecule has 0 spiro atoms. The van der Waals surface area contributed by atoms with E-state index in [4.69, 9.17) is 0 Å². The Hall–Kier alpha value is -1.84. The molecule has 0 saturated heterocycles. The zero-order valence-electron chi connectivity index (χ0n) is 22.9. The zero-order chi connectivity index (χ0) is 25.8. The molecule has 2 unspecified atom stereocenters. The maximum Gasteiger partial charge on any atom is -1.00 e. The maximum absolute atomic E-state index is 3.39. The van der Waals surface area contributed by atoms with Gasteiger partial charge in [0.2, 0.25) is 0 Å². The Morgan fingerprint density at radius 1 is 0.658 bits per heavy atom. The number of rotatable bonds is 2. The van der Waals surface area contributed by atoms with Crippen molar-refractivity contribution < 1.29 is 48.1 Å². The van der Waals surface area contributed by atoms with Gasteiger partial charge in [-0.25, -0.2) is 0 Å². The van der Waals surface area contributed by atoms with Gasteiger partial charge < -0.3 is 34.6 Å². The first-order valence-electron chi connectivity index (χ1n) is 12.5. The number of hydrogen-bond acceptors (Lipinski definition) is 2. The number of halogens is 2. The van der Waals surface area contributed by atoms with Crippen LogP contribution in [-0.4, -0.2) is 17.5 Å². The third-order valence-electron chi connectivity index (χ3n) is 6.14. The van der Waals surface area contributed by atoms with Crippen LogP contribution in [0.25, 0.3) is 0 Å². The summed E-state index contributed by atoms with van der Waals surface area (Å²) in [6.07, 6.45) is 15.7. The van der Waals surface area contributed by atoms with Crippen LogP contribution >= 0.6 is 0 Å². The first-order valence-corrected chi connectivity index (χ1v) is 18.7. The van der Waals surface area contributed by atoms with Crippen molar-refractivity contribution in [2.75, 3.05) is 9.80 Å². The van der Waals surface area contributed by atoms with Gasteiger partial charge in [-0.1, -0.05) is 61.6 Å². The molecular weight excluding hydrogens is 603 g/mol. The SMILES string of the molecule is CC1=[C-]C2=CC(C)N(c3ccccc3)C2=C1.CC1=[C-]C2=CC(C)N(c3ccccc3)C2=C1.C[Si](C)=[Zr+2].[Cl-].[Cl-]. The van der Waals surface area contributed by atoms with E-state index in [1.165, 1.54) is 45.1 Å². The van der Waals surface area contributed by atoms with Gasteiger partial charge in [0.15, 0.2) is 0 Å². The van der Waals surface area contributed by atoms with E-state index >= 15 is 0 Å². The Kier molecular flexibility index (Phi) is 12.4. The van der Waals surface area contributed by atoms with E-state index in [1.807, 2.05) is 0 Å². The van der Waals surface area contributed by atoms with Gasteiger partial charge in [0, 0.05) is 23.5 Å². The average molecular weight is 637 g/mol. The molecule has 2 aromatic carbocycles. The minimum absolute atomic E-state index is 0. The van der Waals surface area contributed by atoms with E-state index in [2.05, 4.69) is 148 Å². The maximum atomic E-state index is 3.39. The molecule has 0 bridgehead atoms.